The van der Waals surface area contributed by atoms with E-state index in [1.165, 1.54) is 64.2 Å². The highest BCUT2D eigenvalue weighted by Crippen LogP contribution is 2.36. The molecule has 0 N–H and O–H groups in total. The first kappa shape index (κ1) is 15.4. The van der Waals surface area contributed by atoms with Crippen LogP contribution in [0, 0.1) is 0 Å². The second-order valence-electron chi connectivity index (χ2n) is 6.15. The maximum Gasteiger partial charge on any atom is -0.0193 e. The molecule has 0 atom stereocenters. The summed E-state index contributed by atoms with van der Waals surface area (Å²) in [6, 6.07) is 9.10. The Morgan fingerprint density at radius 1 is 0.800 bits per heavy atom. The van der Waals surface area contributed by atoms with E-state index in [-0.39, 0.29) is 0 Å². The molecule has 20 heavy (non-hydrogen) atoms. The van der Waals surface area contributed by atoms with Gasteiger partial charge in [-0.3, -0.25) is 0 Å². The molecule has 0 nitrogen and oxygen atoms in total. The van der Waals surface area contributed by atoms with Gasteiger partial charge in [0.15, 0.2) is 0 Å². The number of benzene rings is 1. The van der Waals surface area contributed by atoms with Crippen molar-refractivity contribution in [1.29, 1.82) is 0 Å². The number of hydrogen-bond donors (Lipinski definition) is 0. The summed E-state index contributed by atoms with van der Waals surface area (Å²) in [5.41, 5.74) is 6.63. The van der Waals surface area contributed by atoms with Gasteiger partial charge in [0.05, 0.1) is 0 Å². The predicted octanol–water partition coefficient (Wildman–Crippen LogP) is 6.55. The molecule has 0 spiro atoms. The number of unbranched alkanes of at least 4 members (excludes halogenated alkanes) is 4. The van der Waals surface area contributed by atoms with Crippen LogP contribution < -0.4 is 0 Å². The largest absolute Gasteiger partial charge is 0.0661 e. The van der Waals surface area contributed by atoms with Gasteiger partial charge in [-0.05, 0) is 55.2 Å². The zero-order chi connectivity index (χ0) is 14.2. The van der Waals surface area contributed by atoms with Crippen LogP contribution in [0.4, 0.5) is 0 Å². The van der Waals surface area contributed by atoms with E-state index in [1.54, 1.807) is 22.3 Å². The highest BCUT2D eigenvalue weighted by molar-refractivity contribution is 5.73. The molecule has 0 amide bonds. The van der Waals surface area contributed by atoms with Crippen molar-refractivity contribution in [2.75, 3.05) is 0 Å². The number of rotatable bonds is 8. The van der Waals surface area contributed by atoms with E-state index in [4.69, 9.17) is 0 Å². The summed E-state index contributed by atoms with van der Waals surface area (Å²) in [6.07, 6.45) is 13.3. The van der Waals surface area contributed by atoms with E-state index in [9.17, 15) is 0 Å². The van der Waals surface area contributed by atoms with Crippen LogP contribution in [0.3, 0.4) is 0 Å². The van der Waals surface area contributed by atoms with Gasteiger partial charge in [-0.1, -0.05) is 69.4 Å². The van der Waals surface area contributed by atoms with E-state index in [0.29, 0.717) is 0 Å². The monoisotopic (exact) mass is 270 g/mol. The molecule has 0 unspecified atom stereocenters. The SMILES string of the molecule is CCCCCC1=C(CCCCC)c2ccccc2CC1. The van der Waals surface area contributed by atoms with Gasteiger partial charge >= 0.3 is 0 Å². The first-order chi connectivity index (χ1) is 9.86. The van der Waals surface area contributed by atoms with Crippen molar-refractivity contribution in [2.24, 2.45) is 0 Å². The molecule has 1 aromatic rings. The Kier molecular flexibility index (Phi) is 6.36. The fraction of sp³-hybridized carbons (Fsp3) is 0.600. The topological polar surface area (TPSA) is 0 Å². The molecule has 0 saturated heterocycles. The summed E-state index contributed by atoms with van der Waals surface area (Å²) in [6.45, 7) is 4.60. The normalized spacial score (nSPS) is 14.5. The summed E-state index contributed by atoms with van der Waals surface area (Å²) in [5, 5.41) is 0. The van der Waals surface area contributed by atoms with Crippen LogP contribution in [0.2, 0.25) is 0 Å². The molecule has 0 aromatic heterocycles. The molecule has 2 rings (SSSR count). The van der Waals surface area contributed by atoms with E-state index >= 15 is 0 Å². The maximum absolute atomic E-state index is 2.36. The van der Waals surface area contributed by atoms with Crippen molar-refractivity contribution >= 4 is 5.57 Å². The Hall–Kier alpha value is -1.04. The van der Waals surface area contributed by atoms with Crippen LogP contribution in [0.25, 0.3) is 5.57 Å². The van der Waals surface area contributed by atoms with Crippen LogP contribution in [-0.4, -0.2) is 0 Å². The van der Waals surface area contributed by atoms with Crippen molar-refractivity contribution in [3.8, 4) is 0 Å². The fourth-order valence-electron chi connectivity index (χ4n) is 3.39. The number of fused-ring (bicyclic) bond motifs is 1. The molecule has 1 aromatic carbocycles. The molecular weight excluding hydrogens is 240 g/mol. The summed E-state index contributed by atoms with van der Waals surface area (Å²) in [4.78, 5) is 0. The maximum atomic E-state index is 2.36. The van der Waals surface area contributed by atoms with Crippen LogP contribution in [0.5, 0.6) is 0 Å². The fourth-order valence-corrected chi connectivity index (χ4v) is 3.39. The average molecular weight is 270 g/mol. The van der Waals surface area contributed by atoms with Gasteiger partial charge in [-0.25, -0.2) is 0 Å². The molecule has 0 saturated carbocycles. The van der Waals surface area contributed by atoms with Gasteiger partial charge in [0.2, 0.25) is 0 Å². The zero-order valence-electron chi connectivity index (χ0n) is 13.4. The van der Waals surface area contributed by atoms with E-state index in [2.05, 4.69) is 38.1 Å². The van der Waals surface area contributed by atoms with Crippen molar-refractivity contribution in [3.05, 3.63) is 41.0 Å². The van der Waals surface area contributed by atoms with Crippen molar-refractivity contribution in [1.82, 2.24) is 0 Å². The highest BCUT2D eigenvalue weighted by atomic mass is 14.2. The standard InChI is InChI=1S/C20H30/c1-3-5-7-11-17-15-16-18-12-9-10-14-20(18)19(17)13-8-6-4-2/h9-10,12,14H,3-8,11,13,15-16H2,1-2H3. The first-order valence-corrected chi connectivity index (χ1v) is 8.66. The van der Waals surface area contributed by atoms with Crippen molar-refractivity contribution in [3.63, 3.8) is 0 Å². The third kappa shape index (κ3) is 3.98. The summed E-state index contributed by atoms with van der Waals surface area (Å²) >= 11 is 0. The lowest BCUT2D eigenvalue weighted by Crippen LogP contribution is -2.05. The van der Waals surface area contributed by atoms with Gasteiger partial charge in [0.1, 0.15) is 0 Å². The minimum atomic E-state index is 1.26. The third-order valence-corrected chi connectivity index (χ3v) is 4.58. The number of hydrogen-bond acceptors (Lipinski definition) is 0. The molecule has 0 heterocycles. The van der Waals surface area contributed by atoms with Crippen molar-refractivity contribution < 1.29 is 0 Å². The molecule has 1 aliphatic carbocycles. The Bertz CT molecular complexity index is 439. The van der Waals surface area contributed by atoms with E-state index < -0.39 is 0 Å². The second-order valence-corrected chi connectivity index (χ2v) is 6.15. The van der Waals surface area contributed by atoms with Gasteiger partial charge < -0.3 is 0 Å². The highest BCUT2D eigenvalue weighted by Gasteiger charge is 2.17. The van der Waals surface area contributed by atoms with Crippen LogP contribution in [0.1, 0.15) is 82.8 Å². The van der Waals surface area contributed by atoms with E-state index in [0.717, 1.165) is 0 Å². The minimum absolute atomic E-state index is 1.26. The summed E-state index contributed by atoms with van der Waals surface area (Å²) < 4.78 is 0. The number of allylic oxidation sites excluding steroid dienone is 2. The summed E-state index contributed by atoms with van der Waals surface area (Å²) in [7, 11) is 0. The Balaban J connectivity index is 2.16. The second kappa shape index (κ2) is 8.29. The molecule has 0 aliphatic heterocycles. The van der Waals surface area contributed by atoms with Crippen LogP contribution in [0.15, 0.2) is 29.8 Å². The molecule has 0 heteroatoms. The summed E-state index contributed by atoms with van der Waals surface area (Å²) in [5.74, 6) is 0. The Morgan fingerprint density at radius 3 is 2.25 bits per heavy atom. The first-order valence-electron chi connectivity index (χ1n) is 8.66. The van der Waals surface area contributed by atoms with Gasteiger partial charge in [0, 0.05) is 0 Å². The molecule has 1 aliphatic rings. The lowest BCUT2D eigenvalue weighted by molar-refractivity contribution is 0.682. The average Bonchev–Trinajstić information content (AvgIpc) is 2.49. The number of aryl methyl sites for hydroxylation is 1. The van der Waals surface area contributed by atoms with Crippen LogP contribution >= 0.6 is 0 Å². The molecule has 110 valence electrons. The van der Waals surface area contributed by atoms with Crippen LogP contribution in [-0.2, 0) is 6.42 Å². The Morgan fingerprint density at radius 2 is 1.50 bits per heavy atom. The smallest absolute Gasteiger partial charge is 0.0193 e. The quantitative estimate of drug-likeness (QED) is 0.470. The molecule has 0 fully saturated rings. The van der Waals surface area contributed by atoms with E-state index in [1.807, 2.05) is 0 Å². The lowest BCUT2D eigenvalue weighted by atomic mass is 9.81. The Labute approximate surface area is 125 Å². The minimum Gasteiger partial charge on any atom is -0.0661 e. The molecular formula is C20H30. The van der Waals surface area contributed by atoms with Gasteiger partial charge in [0.25, 0.3) is 0 Å². The molecule has 0 radical (unpaired) electrons. The third-order valence-electron chi connectivity index (χ3n) is 4.58. The van der Waals surface area contributed by atoms with Gasteiger partial charge in [-0.15, -0.1) is 0 Å². The predicted molar refractivity (Wildman–Crippen MR) is 90.0 cm³/mol. The zero-order valence-corrected chi connectivity index (χ0v) is 13.4. The lowest BCUT2D eigenvalue weighted by Gasteiger charge is -2.24. The molecule has 0 bridgehead atoms. The van der Waals surface area contributed by atoms with Crippen molar-refractivity contribution in [2.45, 2.75) is 78.1 Å². The van der Waals surface area contributed by atoms with Gasteiger partial charge in [-0.2, -0.15) is 0 Å².